The van der Waals surface area contributed by atoms with E-state index in [4.69, 9.17) is 10.8 Å². The van der Waals surface area contributed by atoms with Crippen LogP contribution in [0.1, 0.15) is 0 Å². The summed E-state index contributed by atoms with van der Waals surface area (Å²) in [6.45, 7) is 0. The van der Waals surface area contributed by atoms with E-state index in [1.807, 2.05) is 0 Å². The SMILES string of the molecule is NC(O)C[SiH3]. The van der Waals surface area contributed by atoms with Gasteiger partial charge in [-0.15, -0.1) is 0 Å². The Balaban J connectivity index is 2.54. The minimum atomic E-state index is -0.554. The minimum absolute atomic E-state index is 0.554. The van der Waals surface area contributed by atoms with E-state index in [1.54, 1.807) is 0 Å². The van der Waals surface area contributed by atoms with Gasteiger partial charge in [0.15, 0.2) is 0 Å². The van der Waals surface area contributed by atoms with Gasteiger partial charge in [-0.2, -0.15) is 0 Å². The lowest BCUT2D eigenvalue weighted by molar-refractivity contribution is 0.203. The van der Waals surface area contributed by atoms with Crippen LogP contribution >= 0.6 is 0 Å². The zero-order chi connectivity index (χ0) is 4.28. The standard InChI is InChI=1S/C2H9NOSi/c3-2(4)1-5/h2,4H,1,3H2,5H3. The summed E-state index contributed by atoms with van der Waals surface area (Å²) < 4.78 is 0. The Morgan fingerprint density at radius 2 is 2.20 bits per heavy atom. The molecule has 3 heteroatoms. The van der Waals surface area contributed by atoms with E-state index in [1.165, 1.54) is 0 Å². The quantitative estimate of drug-likeness (QED) is 0.291. The third-order valence-corrected chi connectivity index (χ3v) is 1.25. The molecule has 0 bridgehead atoms. The van der Waals surface area contributed by atoms with Gasteiger partial charge in [0.2, 0.25) is 0 Å². The largest absolute Gasteiger partial charge is 0.379 e. The molecule has 5 heavy (non-hydrogen) atoms. The Bertz CT molecular complexity index is 23.6. The Hall–Kier alpha value is 0.137. The van der Waals surface area contributed by atoms with Gasteiger partial charge in [0.25, 0.3) is 0 Å². The van der Waals surface area contributed by atoms with Crippen LogP contribution in [0.15, 0.2) is 0 Å². The maximum absolute atomic E-state index is 8.17. The molecule has 32 valence electrons. The van der Waals surface area contributed by atoms with Gasteiger partial charge in [0, 0.05) is 10.2 Å². The number of aliphatic hydroxyl groups excluding tert-OH is 1. The van der Waals surface area contributed by atoms with Crippen molar-refractivity contribution in [2.75, 3.05) is 0 Å². The number of rotatable bonds is 1. The van der Waals surface area contributed by atoms with Gasteiger partial charge in [-0.25, -0.2) is 0 Å². The first-order valence-corrected chi connectivity index (χ1v) is 3.12. The molecule has 3 N–H and O–H groups in total. The highest BCUT2D eigenvalue weighted by molar-refractivity contribution is 6.08. The highest BCUT2D eigenvalue weighted by Crippen LogP contribution is 1.69. The van der Waals surface area contributed by atoms with Gasteiger partial charge < -0.3 is 10.8 Å². The first-order chi connectivity index (χ1) is 2.27. The third-order valence-electron chi connectivity index (χ3n) is 0.418. The third kappa shape index (κ3) is 4.14. The maximum Gasteiger partial charge on any atom is 0.0987 e. The average molecular weight is 91.2 g/mol. The fraction of sp³-hybridized carbons (Fsp3) is 1.00. The average Bonchev–Trinajstić information content (AvgIpc) is 1.38. The summed E-state index contributed by atoms with van der Waals surface area (Å²) in [5.41, 5.74) is 4.88. The predicted octanol–water partition coefficient (Wildman–Crippen LogP) is -1.95. The molecule has 0 aliphatic rings. The Morgan fingerprint density at radius 1 is 2.00 bits per heavy atom. The molecular weight excluding hydrogens is 82.1 g/mol. The molecule has 0 aliphatic heterocycles. The summed E-state index contributed by atoms with van der Waals surface area (Å²) in [7, 11) is 0.998. The van der Waals surface area contributed by atoms with E-state index in [0.717, 1.165) is 16.3 Å². The molecule has 0 radical (unpaired) electrons. The smallest absolute Gasteiger partial charge is 0.0987 e. The minimum Gasteiger partial charge on any atom is -0.379 e. The second kappa shape index (κ2) is 2.38. The summed E-state index contributed by atoms with van der Waals surface area (Å²) in [5.74, 6) is 0. The summed E-state index contributed by atoms with van der Waals surface area (Å²) in [6.07, 6.45) is -0.554. The molecule has 0 aliphatic carbocycles. The molecule has 1 atom stereocenters. The number of hydrogen-bond acceptors (Lipinski definition) is 2. The van der Waals surface area contributed by atoms with Crippen molar-refractivity contribution >= 4 is 10.2 Å². The van der Waals surface area contributed by atoms with Gasteiger partial charge >= 0.3 is 0 Å². The number of aliphatic hydroxyl groups is 1. The lowest BCUT2D eigenvalue weighted by Crippen LogP contribution is -2.16. The van der Waals surface area contributed by atoms with Crippen LogP contribution in [0.25, 0.3) is 0 Å². The molecule has 0 aromatic heterocycles. The first kappa shape index (κ1) is 5.14. The van der Waals surface area contributed by atoms with Gasteiger partial charge in [0.1, 0.15) is 0 Å². The molecule has 2 nitrogen and oxygen atoms in total. The number of hydrogen-bond donors (Lipinski definition) is 2. The molecule has 0 aromatic carbocycles. The first-order valence-electron chi connectivity index (χ1n) is 1.71. The van der Waals surface area contributed by atoms with Gasteiger partial charge in [-0.3, -0.25) is 0 Å². The van der Waals surface area contributed by atoms with Gasteiger partial charge in [-0.05, 0) is 6.04 Å². The molecule has 0 saturated heterocycles. The van der Waals surface area contributed by atoms with E-state index in [-0.39, 0.29) is 0 Å². The van der Waals surface area contributed by atoms with Crippen LogP contribution in [0.2, 0.25) is 6.04 Å². The van der Waals surface area contributed by atoms with Gasteiger partial charge in [-0.1, -0.05) is 0 Å². The predicted molar refractivity (Wildman–Crippen MR) is 24.9 cm³/mol. The molecule has 0 heterocycles. The second-order valence-corrected chi connectivity index (χ2v) is 1.79. The summed E-state index contributed by atoms with van der Waals surface area (Å²) >= 11 is 0. The Labute approximate surface area is 34.4 Å². The molecule has 1 unspecified atom stereocenters. The zero-order valence-corrected chi connectivity index (χ0v) is 5.31. The second-order valence-electron chi connectivity index (χ2n) is 0.976. The lowest BCUT2D eigenvalue weighted by Gasteiger charge is -1.91. The highest BCUT2D eigenvalue weighted by Gasteiger charge is 1.81. The monoisotopic (exact) mass is 91.0 g/mol. The molecular formula is C2H9NOSi. The fourth-order valence-electron chi connectivity index (χ4n) is 0. The lowest BCUT2D eigenvalue weighted by atomic mass is 10.7. The molecule has 0 amide bonds. The summed E-state index contributed by atoms with van der Waals surface area (Å²) in [5, 5.41) is 8.17. The van der Waals surface area contributed by atoms with Crippen LogP contribution in [-0.2, 0) is 0 Å². The highest BCUT2D eigenvalue weighted by atomic mass is 28.1. The van der Waals surface area contributed by atoms with E-state index in [9.17, 15) is 0 Å². The van der Waals surface area contributed by atoms with Gasteiger partial charge in [0.05, 0.1) is 6.23 Å². The van der Waals surface area contributed by atoms with Crippen LogP contribution in [0, 0.1) is 0 Å². The fourth-order valence-corrected chi connectivity index (χ4v) is 0. The molecule has 0 spiro atoms. The van der Waals surface area contributed by atoms with E-state index in [2.05, 4.69) is 0 Å². The van der Waals surface area contributed by atoms with Crippen molar-refractivity contribution in [1.82, 2.24) is 0 Å². The molecule has 0 rings (SSSR count). The summed E-state index contributed by atoms with van der Waals surface area (Å²) in [4.78, 5) is 0. The van der Waals surface area contributed by atoms with Crippen molar-refractivity contribution in [3.8, 4) is 0 Å². The Morgan fingerprint density at radius 3 is 2.20 bits per heavy atom. The normalized spacial score (nSPS) is 15.6. The topological polar surface area (TPSA) is 46.2 Å². The maximum atomic E-state index is 8.17. The van der Waals surface area contributed by atoms with E-state index >= 15 is 0 Å². The van der Waals surface area contributed by atoms with E-state index in [0.29, 0.717) is 0 Å². The molecule has 0 fully saturated rings. The molecule has 0 saturated carbocycles. The molecule has 0 aromatic rings. The van der Waals surface area contributed by atoms with Crippen molar-refractivity contribution in [1.29, 1.82) is 0 Å². The van der Waals surface area contributed by atoms with Crippen molar-refractivity contribution in [3.63, 3.8) is 0 Å². The zero-order valence-electron chi connectivity index (χ0n) is 3.31. The number of nitrogens with two attached hydrogens (primary N) is 1. The van der Waals surface area contributed by atoms with Crippen LogP contribution in [0.5, 0.6) is 0 Å². The van der Waals surface area contributed by atoms with Crippen LogP contribution in [0.4, 0.5) is 0 Å². The van der Waals surface area contributed by atoms with E-state index < -0.39 is 6.23 Å². The van der Waals surface area contributed by atoms with Crippen LogP contribution < -0.4 is 5.73 Å². The summed E-state index contributed by atoms with van der Waals surface area (Å²) in [6, 6.07) is 0.778. The van der Waals surface area contributed by atoms with Crippen molar-refractivity contribution in [2.45, 2.75) is 12.3 Å². The van der Waals surface area contributed by atoms with Crippen LogP contribution in [-0.4, -0.2) is 21.6 Å². The Kier molecular flexibility index (Phi) is 2.44. The van der Waals surface area contributed by atoms with Crippen molar-refractivity contribution in [2.24, 2.45) is 5.73 Å². The van der Waals surface area contributed by atoms with Crippen LogP contribution in [0.3, 0.4) is 0 Å². The van der Waals surface area contributed by atoms with Crippen molar-refractivity contribution in [3.05, 3.63) is 0 Å². The van der Waals surface area contributed by atoms with Crippen molar-refractivity contribution < 1.29 is 5.11 Å².